The van der Waals surface area contributed by atoms with Crippen LogP contribution in [0, 0.1) is 5.92 Å². The SMILES string of the molecule is Cl.O=C(NCC1CCCN1)C1CC2CCCCC2N1C(=O)c1ccccc1. The highest BCUT2D eigenvalue weighted by Crippen LogP contribution is 2.40. The summed E-state index contributed by atoms with van der Waals surface area (Å²) in [5.74, 6) is 0.508. The van der Waals surface area contributed by atoms with Gasteiger partial charge in [0.1, 0.15) is 6.04 Å². The van der Waals surface area contributed by atoms with Crippen molar-refractivity contribution < 1.29 is 9.59 Å². The van der Waals surface area contributed by atoms with Crippen molar-refractivity contribution in [3.63, 3.8) is 0 Å². The third kappa shape index (κ3) is 4.30. The van der Waals surface area contributed by atoms with Crippen LogP contribution < -0.4 is 10.6 Å². The molecule has 4 unspecified atom stereocenters. The number of fused-ring (bicyclic) bond motifs is 1. The largest absolute Gasteiger partial charge is 0.353 e. The maximum absolute atomic E-state index is 13.2. The summed E-state index contributed by atoms with van der Waals surface area (Å²) in [4.78, 5) is 28.1. The normalized spacial score (nSPS) is 29.7. The average Bonchev–Trinajstić information content (AvgIpc) is 3.34. The van der Waals surface area contributed by atoms with Crippen molar-refractivity contribution >= 4 is 24.2 Å². The van der Waals surface area contributed by atoms with Gasteiger partial charge in [-0.05, 0) is 56.7 Å². The number of benzene rings is 1. The van der Waals surface area contributed by atoms with E-state index in [9.17, 15) is 9.59 Å². The molecule has 6 heteroatoms. The van der Waals surface area contributed by atoms with Gasteiger partial charge in [-0.3, -0.25) is 9.59 Å². The standard InChI is InChI=1S/C21H29N3O2.ClH/c25-20(23-14-17-10-6-12-22-17)19-13-16-9-4-5-11-18(16)24(19)21(26)15-7-2-1-3-8-15;/h1-3,7-8,16-19,22H,4-6,9-14H2,(H,23,25);1H. The summed E-state index contributed by atoms with van der Waals surface area (Å²) in [6.45, 7) is 1.70. The highest BCUT2D eigenvalue weighted by molar-refractivity contribution is 5.98. The zero-order valence-electron chi connectivity index (χ0n) is 15.7. The monoisotopic (exact) mass is 391 g/mol. The van der Waals surface area contributed by atoms with Crippen LogP contribution in [-0.4, -0.2) is 47.9 Å². The van der Waals surface area contributed by atoms with E-state index in [1.54, 1.807) is 0 Å². The number of carbonyl (C=O) groups is 2. The Morgan fingerprint density at radius 3 is 2.59 bits per heavy atom. The van der Waals surface area contributed by atoms with Gasteiger partial charge in [0, 0.05) is 24.2 Å². The summed E-state index contributed by atoms with van der Waals surface area (Å²) in [5.41, 5.74) is 0.689. The molecule has 5 nitrogen and oxygen atoms in total. The van der Waals surface area contributed by atoms with Crippen molar-refractivity contribution in [2.75, 3.05) is 13.1 Å². The third-order valence-corrected chi connectivity index (χ3v) is 6.33. The fourth-order valence-corrected chi connectivity index (χ4v) is 4.99. The van der Waals surface area contributed by atoms with Crippen LogP contribution in [0.5, 0.6) is 0 Å². The molecule has 1 aromatic rings. The number of hydrogen-bond donors (Lipinski definition) is 2. The van der Waals surface area contributed by atoms with E-state index >= 15 is 0 Å². The smallest absolute Gasteiger partial charge is 0.254 e. The minimum Gasteiger partial charge on any atom is -0.353 e. The topological polar surface area (TPSA) is 61.4 Å². The molecule has 1 aromatic carbocycles. The summed E-state index contributed by atoms with van der Waals surface area (Å²) in [6, 6.07) is 9.69. The summed E-state index contributed by atoms with van der Waals surface area (Å²) in [6.07, 6.45) is 7.63. The lowest BCUT2D eigenvalue weighted by Gasteiger charge is -2.33. The van der Waals surface area contributed by atoms with Gasteiger partial charge in [0.15, 0.2) is 0 Å². The first-order chi connectivity index (χ1) is 12.7. The van der Waals surface area contributed by atoms with Gasteiger partial charge in [0.2, 0.25) is 5.91 Å². The molecule has 4 rings (SSSR count). The van der Waals surface area contributed by atoms with Crippen LogP contribution in [0.3, 0.4) is 0 Å². The maximum atomic E-state index is 13.2. The van der Waals surface area contributed by atoms with Crippen LogP contribution in [-0.2, 0) is 4.79 Å². The van der Waals surface area contributed by atoms with Gasteiger partial charge in [0.05, 0.1) is 0 Å². The Balaban J connectivity index is 0.00000210. The van der Waals surface area contributed by atoms with E-state index in [2.05, 4.69) is 10.6 Å². The molecule has 2 heterocycles. The van der Waals surface area contributed by atoms with E-state index in [1.165, 1.54) is 12.8 Å². The molecule has 0 spiro atoms. The fraction of sp³-hybridized carbons (Fsp3) is 0.619. The number of nitrogens with zero attached hydrogens (tertiary/aromatic N) is 1. The van der Waals surface area contributed by atoms with Gasteiger partial charge < -0.3 is 15.5 Å². The van der Waals surface area contributed by atoms with E-state index in [1.807, 2.05) is 35.2 Å². The molecule has 4 atom stereocenters. The lowest BCUT2D eigenvalue weighted by atomic mass is 9.84. The number of hydrogen-bond acceptors (Lipinski definition) is 3. The Hall–Kier alpha value is -1.59. The molecule has 148 valence electrons. The van der Waals surface area contributed by atoms with Crippen molar-refractivity contribution in [3.05, 3.63) is 35.9 Å². The van der Waals surface area contributed by atoms with E-state index in [-0.39, 0.29) is 36.3 Å². The minimum absolute atomic E-state index is 0. The molecule has 2 saturated heterocycles. The van der Waals surface area contributed by atoms with Gasteiger partial charge in [-0.1, -0.05) is 31.0 Å². The molecule has 27 heavy (non-hydrogen) atoms. The van der Waals surface area contributed by atoms with Crippen molar-refractivity contribution in [2.45, 2.75) is 63.1 Å². The molecule has 2 N–H and O–H groups in total. The Morgan fingerprint density at radius 1 is 1.07 bits per heavy atom. The van der Waals surface area contributed by atoms with E-state index in [0.29, 0.717) is 24.1 Å². The number of halogens is 1. The molecule has 1 aliphatic carbocycles. The number of likely N-dealkylation sites (tertiary alicyclic amines) is 1. The molecule has 2 amide bonds. The minimum atomic E-state index is -0.322. The maximum Gasteiger partial charge on any atom is 0.254 e. The Morgan fingerprint density at radius 2 is 1.85 bits per heavy atom. The summed E-state index contributed by atoms with van der Waals surface area (Å²) >= 11 is 0. The first kappa shape index (κ1) is 20.2. The van der Waals surface area contributed by atoms with Crippen LogP contribution >= 0.6 is 12.4 Å². The predicted octanol–water partition coefficient (Wildman–Crippen LogP) is 2.75. The molecule has 0 bridgehead atoms. The van der Waals surface area contributed by atoms with E-state index in [0.717, 1.165) is 38.6 Å². The highest BCUT2D eigenvalue weighted by Gasteiger charge is 2.47. The van der Waals surface area contributed by atoms with Crippen molar-refractivity contribution in [1.29, 1.82) is 0 Å². The average molecular weight is 392 g/mol. The number of amides is 2. The van der Waals surface area contributed by atoms with Gasteiger partial charge in [-0.15, -0.1) is 12.4 Å². The van der Waals surface area contributed by atoms with Crippen molar-refractivity contribution in [3.8, 4) is 0 Å². The van der Waals surface area contributed by atoms with Gasteiger partial charge in [-0.25, -0.2) is 0 Å². The second-order valence-corrected chi connectivity index (χ2v) is 7.98. The fourth-order valence-electron chi connectivity index (χ4n) is 4.99. The lowest BCUT2D eigenvalue weighted by Crippen LogP contribution is -2.51. The Kier molecular flexibility index (Phi) is 6.77. The van der Waals surface area contributed by atoms with Gasteiger partial charge in [-0.2, -0.15) is 0 Å². The molecule has 2 aliphatic heterocycles. The van der Waals surface area contributed by atoms with Crippen LogP contribution in [0.1, 0.15) is 55.3 Å². The quantitative estimate of drug-likeness (QED) is 0.829. The molecular weight excluding hydrogens is 362 g/mol. The molecule has 0 radical (unpaired) electrons. The first-order valence-corrected chi connectivity index (χ1v) is 10.1. The summed E-state index contributed by atoms with van der Waals surface area (Å²) in [5, 5.41) is 6.53. The zero-order chi connectivity index (χ0) is 17.9. The summed E-state index contributed by atoms with van der Waals surface area (Å²) in [7, 11) is 0. The third-order valence-electron chi connectivity index (χ3n) is 6.33. The molecule has 3 aliphatic rings. The van der Waals surface area contributed by atoms with Crippen LogP contribution in [0.15, 0.2) is 30.3 Å². The van der Waals surface area contributed by atoms with E-state index < -0.39 is 0 Å². The second kappa shape index (κ2) is 9.07. The number of carbonyl (C=O) groups excluding carboxylic acids is 2. The first-order valence-electron chi connectivity index (χ1n) is 10.1. The highest BCUT2D eigenvalue weighted by atomic mass is 35.5. The van der Waals surface area contributed by atoms with Crippen LogP contribution in [0.25, 0.3) is 0 Å². The van der Waals surface area contributed by atoms with Crippen molar-refractivity contribution in [2.24, 2.45) is 5.92 Å². The number of nitrogens with one attached hydrogen (secondary N) is 2. The molecule has 1 saturated carbocycles. The predicted molar refractivity (Wildman–Crippen MR) is 108 cm³/mol. The van der Waals surface area contributed by atoms with Crippen molar-refractivity contribution in [1.82, 2.24) is 15.5 Å². The van der Waals surface area contributed by atoms with Crippen LogP contribution in [0.2, 0.25) is 0 Å². The van der Waals surface area contributed by atoms with Crippen LogP contribution in [0.4, 0.5) is 0 Å². The van der Waals surface area contributed by atoms with E-state index in [4.69, 9.17) is 0 Å². The second-order valence-electron chi connectivity index (χ2n) is 7.98. The molecular formula is C21H30ClN3O2. The Bertz CT molecular complexity index is 648. The molecule has 0 aromatic heterocycles. The molecule has 3 fully saturated rings. The Labute approximate surface area is 167 Å². The number of rotatable bonds is 4. The summed E-state index contributed by atoms with van der Waals surface area (Å²) < 4.78 is 0. The van der Waals surface area contributed by atoms with Gasteiger partial charge in [0.25, 0.3) is 5.91 Å². The zero-order valence-corrected chi connectivity index (χ0v) is 16.5. The lowest BCUT2D eigenvalue weighted by molar-refractivity contribution is -0.125. The van der Waals surface area contributed by atoms with Gasteiger partial charge >= 0.3 is 0 Å².